The summed E-state index contributed by atoms with van der Waals surface area (Å²) in [5, 5.41) is 0. The van der Waals surface area contributed by atoms with Crippen LogP contribution in [-0.2, 0) is 29.4 Å². The van der Waals surface area contributed by atoms with Gasteiger partial charge < -0.3 is 14.2 Å². The highest BCUT2D eigenvalue weighted by molar-refractivity contribution is 6.30. The van der Waals surface area contributed by atoms with Crippen molar-refractivity contribution in [3.8, 4) is 11.1 Å². The van der Waals surface area contributed by atoms with Gasteiger partial charge in [0.2, 0.25) is 17.3 Å². The lowest BCUT2D eigenvalue weighted by atomic mass is 9.71. The molecular weight excluding hydrogens is 458 g/mol. The van der Waals surface area contributed by atoms with Gasteiger partial charge in [-0.1, -0.05) is 66.7 Å². The zero-order chi connectivity index (χ0) is 25.6. The Morgan fingerprint density at radius 1 is 0.778 bits per heavy atom. The number of hydrogen-bond donors (Lipinski definition) is 0. The van der Waals surface area contributed by atoms with Crippen molar-refractivity contribution in [2.24, 2.45) is 4.99 Å². The van der Waals surface area contributed by atoms with Crippen LogP contribution in [0.2, 0.25) is 0 Å². The molecule has 1 heterocycles. The molecule has 1 aliphatic carbocycles. The first kappa shape index (κ1) is 23.2. The van der Waals surface area contributed by atoms with Gasteiger partial charge in [0, 0.05) is 11.1 Å². The summed E-state index contributed by atoms with van der Waals surface area (Å²) in [4.78, 5) is 45.4. The first-order chi connectivity index (χ1) is 17.3. The van der Waals surface area contributed by atoms with E-state index in [0.717, 1.165) is 11.1 Å². The Morgan fingerprint density at radius 3 is 2.00 bits per heavy atom. The van der Waals surface area contributed by atoms with Crippen LogP contribution in [0.25, 0.3) is 11.1 Å². The van der Waals surface area contributed by atoms with Crippen molar-refractivity contribution < 1.29 is 28.6 Å². The van der Waals surface area contributed by atoms with Crippen LogP contribution in [0.3, 0.4) is 0 Å². The minimum Gasteiger partial charge on any atom is -0.466 e. The number of carbonyl (C=O) groups excluding carboxylic acids is 3. The number of para-hydroxylation sites is 1. The lowest BCUT2D eigenvalue weighted by molar-refractivity contribution is -0.139. The van der Waals surface area contributed by atoms with E-state index >= 15 is 0 Å². The molecule has 36 heavy (non-hydrogen) atoms. The molecule has 3 aromatic rings. The van der Waals surface area contributed by atoms with Crippen molar-refractivity contribution >= 4 is 29.3 Å². The van der Waals surface area contributed by atoms with E-state index in [1.54, 1.807) is 24.3 Å². The number of ketones is 1. The molecule has 1 atom stereocenters. The number of aliphatic imine (C=N–C) groups is 1. The summed E-state index contributed by atoms with van der Waals surface area (Å²) in [7, 11) is 2.38. The van der Waals surface area contributed by atoms with E-state index in [1.165, 1.54) is 14.2 Å². The van der Waals surface area contributed by atoms with Crippen LogP contribution in [0.15, 0.2) is 82.9 Å². The maximum absolute atomic E-state index is 14.2. The molecule has 1 spiro atoms. The van der Waals surface area contributed by atoms with E-state index in [0.29, 0.717) is 27.9 Å². The molecular formula is C29H23NO6. The third-order valence-electron chi connectivity index (χ3n) is 6.59. The Kier molecular flexibility index (Phi) is 5.55. The zero-order valence-electron chi connectivity index (χ0n) is 20.2. The molecule has 7 heteroatoms. The number of ether oxygens (including phenoxy) is 3. The van der Waals surface area contributed by atoms with Gasteiger partial charge in [0.15, 0.2) is 0 Å². The molecule has 0 saturated carbocycles. The van der Waals surface area contributed by atoms with E-state index in [2.05, 4.69) is 4.99 Å². The summed E-state index contributed by atoms with van der Waals surface area (Å²) in [6.07, 6.45) is 0. The predicted molar refractivity (Wildman–Crippen MR) is 133 cm³/mol. The van der Waals surface area contributed by atoms with E-state index in [-0.39, 0.29) is 17.0 Å². The minimum atomic E-state index is -1.98. The number of hydrogen-bond acceptors (Lipinski definition) is 7. The molecule has 0 N–H and O–H groups in total. The van der Waals surface area contributed by atoms with Gasteiger partial charge in [0.05, 0.1) is 19.9 Å². The summed E-state index contributed by atoms with van der Waals surface area (Å²) < 4.78 is 16.5. The highest BCUT2D eigenvalue weighted by Gasteiger charge is 2.61. The standard InChI is InChI=1S/C29H23NO6/c1-16-10-9-11-17(2)24(16)30-26-22(27(32)34-3)23(28(33)35-4)29(36-26)21-15-8-7-13-19(21)18-12-5-6-14-20(18)25(29)31/h5-15H,1-4H3. The Bertz CT molecular complexity index is 1500. The van der Waals surface area contributed by atoms with Crippen LogP contribution >= 0.6 is 0 Å². The molecule has 0 saturated heterocycles. The Balaban J connectivity index is 1.89. The largest absolute Gasteiger partial charge is 0.466 e. The number of aryl methyl sites for hydroxylation is 2. The summed E-state index contributed by atoms with van der Waals surface area (Å²) in [6.45, 7) is 3.74. The fourth-order valence-electron chi connectivity index (χ4n) is 4.93. The van der Waals surface area contributed by atoms with E-state index in [4.69, 9.17) is 14.2 Å². The Labute approximate surface area is 208 Å². The number of carbonyl (C=O) groups is 3. The van der Waals surface area contributed by atoms with E-state index in [9.17, 15) is 14.4 Å². The summed E-state index contributed by atoms with van der Waals surface area (Å²) >= 11 is 0. The Hall–Kier alpha value is -4.52. The van der Waals surface area contributed by atoms with Gasteiger partial charge in [-0.15, -0.1) is 0 Å². The summed E-state index contributed by atoms with van der Waals surface area (Å²) in [6, 6.07) is 19.9. The van der Waals surface area contributed by atoms with Crippen LogP contribution in [-0.4, -0.2) is 37.8 Å². The van der Waals surface area contributed by atoms with Gasteiger partial charge >= 0.3 is 11.9 Å². The lowest BCUT2D eigenvalue weighted by Gasteiger charge is -2.35. The number of rotatable bonds is 3. The maximum Gasteiger partial charge on any atom is 0.344 e. The highest BCUT2D eigenvalue weighted by atomic mass is 16.6. The summed E-state index contributed by atoms with van der Waals surface area (Å²) in [5.41, 5.74) is 1.93. The number of esters is 2. The second-order valence-electron chi connectivity index (χ2n) is 8.59. The monoisotopic (exact) mass is 481 g/mol. The molecule has 7 nitrogen and oxygen atoms in total. The number of fused-ring (bicyclic) bond motifs is 4. The molecule has 180 valence electrons. The SMILES string of the molecule is COC(=O)C1=C(C(=O)OC)C2(OC1=Nc1c(C)cccc1C)C(=O)c1ccccc1-c1ccccc12. The van der Waals surface area contributed by atoms with Gasteiger partial charge in [0.25, 0.3) is 0 Å². The molecule has 5 rings (SSSR count). The molecule has 0 amide bonds. The molecule has 2 aliphatic rings. The molecule has 1 unspecified atom stereocenters. The molecule has 0 fully saturated rings. The second-order valence-corrected chi connectivity index (χ2v) is 8.59. The quantitative estimate of drug-likeness (QED) is 0.501. The van der Waals surface area contributed by atoms with Crippen molar-refractivity contribution in [1.29, 1.82) is 0 Å². The fraction of sp³-hybridized carbons (Fsp3) is 0.172. The van der Waals surface area contributed by atoms with Crippen molar-refractivity contribution in [3.63, 3.8) is 0 Å². The number of nitrogens with zero attached hydrogens (tertiary/aromatic N) is 1. The minimum absolute atomic E-state index is 0.179. The van der Waals surface area contributed by atoms with Crippen LogP contribution in [0, 0.1) is 13.8 Å². The van der Waals surface area contributed by atoms with E-state index < -0.39 is 23.3 Å². The highest BCUT2D eigenvalue weighted by Crippen LogP contribution is 2.52. The van der Waals surface area contributed by atoms with E-state index in [1.807, 2.05) is 56.3 Å². The first-order valence-electron chi connectivity index (χ1n) is 11.3. The average molecular weight is 482 g/mol. The molecule has 3 aromatic carbocycles. The van der Waals surface area contributed by atoms with Gasteiger partial charge in [-0.2, -0.15) is 0 Å². The lowest BCUT2D eigenvalue weighted by Crippen LogP contribution is -2.44. The van der Waals surface area contributed by atoms with Crippen LogP contribution < -0.4 is 0 Å². The van der Waals surface area contributed by atoms with Crippen molar-refractivity contribution in [1.82, 2.24) is 0 Å². The zero-order valence-corrected chi connectivity index (χ0v) is 20.2. The normalized spacial score (nSPS) is 19.1. The van der Waals surface area contributed by atoms with Gasteiger partial charge in [-0.25, -0.2) is 14.6 Å². The van der Waals surface area contributed by atoms with Gasteiger partial charge in [-0.3, -0.25) is 4.79 Å². The second kappa shape index (κ2) is 8.61. The topological polar surface area (TPSA) is 91.3 Å². The Morgan fingerprint density at radius 2 is 1.36 bits per heavy atom. The third kappa shape index (κ3) is 3.20. The smallest absolute Gasteiger partial charge is 0.344 e. The van der Waals surface area contributed by atoms with Crippen molar-refractivity contribution in [2.75, 3.05) is 14.2 Å². The average Bonchev–Trinajstić information content (AvgIpc) is 3.24. The molecule has 0 aromatic heterocycles. The number of benzene rings is 3. The van der Waals surface area contributed by atoms with Crippen LogP contribution in [0.5, 0.6) is 0 Å². The van der Waals surface area contributed by atoms with Gasteiger partial charge in [0.1, 0.15) is 11.1 Å². The third-order valence-corrected chi connectivity index (χ3v) is 6.59. The van der Waals surface area contributed by atoms with Crippen molar-refractivity contribution in [2.45, 2.75) is 19.4 Å². The fourth-order valence-corrected chi connectivity index (χ4v) is 4.93. The van der Waals surface area contributed by atoms with Gasteiger partial charge in [-0.05, 0) is 36.1 Å². The van der Waals surface area contributed by atoms with Crippen molar-refractivity contribution in [3.05, 3.63) is 100 Å². The molecule has 1 aliphatic heterocycles. The molecule has 0 radical (unpaired) electrons. The van der Waals surface area contributed by atoms with Crippen LogP contribution in [0.4, 0.5) is 5.69 Å². The first-order valence-corrected chi connectivity index (χ1v) is 11.3. The summed E-state index contributed by atoms with van der Waals surface area (Å²) in [5.74, 6) is -2.42. The number of Topliss-reactive ketones (excluding diaryl/α,β-unsaturated/α-hetero) is 1. The molecule has 0 bridgehead atoms. The number of methoxy groups -OCH3 is 2. The maximum atomic E-state index is 14.2. The van der Waals surface area contributed by atoms with Crippen LogP contribution in [0.1, 0.15) is 27.0 Å². The predicted octanol–water partition coefficient (Wildman–Crippen LogP) is 4.77.